The smallest absolute Gasteiger partial charge is 0.325 e. The highest BCUT2D eigenvalue weighted by atomic mass is 16.5. The second-order valence-corrected chi connectivity index (χ2v) is 7.69. The molecule has 3 rings (SSSR count). The van der Waals surface area contributed by atoms with E-state index in [1.165, 1.54) is 10.2 Å². The average Bonchev–Trinajstić information content (AvgIpc) is 3.21. The van der Waals surface area contributed by atoms with Crippen molar-refractivity contribution in [3.05, 3.63) is 41.5 Å². The Balaban J connectivity index is 1.70. The molecule has 1 aromatic carbocycles. The number of aliphatic carboxylic acids is 1. The van der Waals surface area contributed by atoms with Gasteiger partial charge in [-0.1, -0.05) is 32.9 Å². The topological polar surface area (TPSA) is 89.3 Å². The van der Waals surface area contributed by atoms with Crippen LogP contribution in [0.1, 0.15) is 50.3 Å². The third-order valence-electron chi connectivity index (χ3n) is 4.54. The minimum Gasteiger partial charge on any atom is -0.486 e. The molecule has 1 fully saturated rings. The third-order valence-corrected chi connectivity index (χ3v) is 4.54. The highest BCUT2D eigenvalue weighted by molar-refractivity contribution is 5.66. The van der Waals surface area contributed by atoms with E-state index >= 15 is 0 Å². The van der Waals surface area contributed by atoms with E-state index in [1.807, 2.05) is 12.1 Å². The van der Waals surface area contributed by atoms with E-state index in [4.69, 9.17) is 9.84 Å². The number of nitrogens with zero attached hydrogens (tertiary/aromatic N) is 3. The summed E-state index contributed by atoms with van der Waals surface area (Å²) in [7, 11) is 0. The van der Waals surface area contributed by atoms with Gasteiger partial charge in [0.2, 0.25) is 0 Å². The van der Waals surface area contributed by atoms with Crippen molar-refractivity contribution in [2.45, 2.75) is 51.7 Å². The first-order valence-electron chi connectivity index (χ1n) is 8.92. The zero-order valence-corrected chi connectivity index (χ0v) is 15.5. The first-order valence-corrected chi connectivity index (χ1v) is 8.92. The largest absolute Gasteiger partial charge is 0.486 e. The fourth-order valence-corrected chi connectivity index (χ4v) is 3.08. The van der Waals surface area contributed by atoms with Gasteiger partial charge >= 0.3 is 5.97 Å². The molecule has 0 amide bonds. The normalized spacial score (nSPS) is 17.4. The monoisotopic (exact) mass is 358 g/mol. The van der Waals surface area contributed by atoms with Crippen LogP contribution in [0.3, 0.4) is 0 Å². The molecule has 1 aliphatic heterocycles. The molecule has 1 aliphatic rings. The van der Waals surface area contributed by atoms with Gasteiger partial charge in [-0.3, -0.25) is 4.79 Å². The Morgan fingerprint density at radius 1 is 1.35 bits per heavy atom. The quantitative estimate of drug-likeness (QED) is 0.824. The number of hydrogen-bond donors (Lipinski definition) is 2. The predicted molar refractivity (Wildman–Crippen MR) is 97.4 cm³/mol. The fraction of sp³-hybridized carbons (Fsp3) is 0.526. The van der Waals surface area contributed by atoms with Crippen LogP contribution in [0.15, 0.2) is 24.3 Å². The molecule has 2 N–H and O–H groups in total. The maximum Gasteiger partial charge on any atom is 0.325 e. The van der Waals surface area contributed by atoms with Gasteiger partial charge in [0.05, 0.1) is 0 Å². The van der Waals surface area contributed by atoms with Crippen molar-refractivity contribution in [1.29, 1.82) is 0 Å². The Morgan fingerprint density at radius 2 is 2.08 bits per heavy atom. The number of aromatic nitrogens is 3. The van der Waals surface area contributed by atoms with Gasteiger partial charge in [0.15, 0.2) is 5.82 Å². The zero-order valence-electron chi connectivity index (χ0n) is 15.5. The molecule has 2 aromatic rings. The number of carbonyl (C=O) groups is 1. The number of carboxylic acids is 1. The van der Waals surface area contributed by atoms with Crippen LogP contribution in [0.5, 0.6) is 5.75 Å². The Hall–Kier alpha value is -2.41. The van der Waals surface area contributed by atoms with Gasteiger partial charge in [0, 0.05) is 12.5 Å². The van der Waals surface area contributed by atoms with Crippen molar-refractivity contribution in [2.24, 2.45) is 0 Å². The highest BCUT2D eigenvalue weighted by Gasteiger charge is 2.24. The summed E-state index contributed by atoms with van der Waals surface area (Å²) < 4.78 is 7.28. The number of carboxylic acid groups (broad SMARTS) is 1. The zero-order chi connectivity index (χ0) is 18.7. The molecular weight excluding hydrogens is 332 g/mol. The Labute approximate surface area is 153 Å². The van der Waals surface area contributed by atoms with Crippen LogP contribution in [-0.2, 0) is 23.4 Å². The van der Waals surface area contributed by atoms with Crippen LogP contribution in [0.2, 0.25) is 0 Å². The summed E-state index contributed by atoms with van der Waals surface area (Å²) in [6.07, 6.45) is 0.937. The maximum atomic E-state index is 11.1. The number of hydrogen-bond acceptors (Lipinski definition) is 5. The van der Waals surface area contributed by atoms with E-state index < -0.39 is 5.97 Å². The van der Waals surface area contributed by atoms with Crippen molar-refractivity contribution in [2.75, 3.05) is 13.1 Å². The van der Waals surface area contributed by atoms with Crippen molar-refractivity contribution in [1.82, 2.24) is 20.1 Å². The van der Waals surface area contributed by atoms with E-state index in [0.29, 0.717) is 5.82 Å². The van der Waals surface area contributed by atoms with Crippen molar-refractivity contribution < 1.29 is 14.6 Å². The molecule has 0 aliphatic carbocycles. The average molecular weight is 358 g/mol. The van der Waals surface area contributed by atoms with Crippen molar-refractivity contribution in [3.8, 4) is 5.75 Å². The van der Waals surface area contributed by atoms with Crippen LogP contribution in [0.25, 0.3) is 0 Å². The minimum absolute atomic E-state index is 0.0971. The molecule has 0 spiro atoms. The van der Waals surface area contributed by atoms with E-state index in [9.17, 15) is 4.79 Å². The summed E-state index contributed by atoms with van der Waals surface area (Å²) in [5.74, 6) is 1.25. The van der Waals surface area contributed by atoms with E-state index in [1.54, 1.807) is 0 Å². The Kier molecular flexibility index (Phi) is 5.27. The molecule has 26 heavy (non-hydrogen) atoms. The van der Waals surface area contributed by atoms with E-state index in [-0.39, 0.29) is 24.5 Å². The SMILES string of the molecule is CC(C)(C)c1ccc(OCc2nc([C@@H]3CCNC3)n(CC(=O)O)n2)cc1. The summed E-state index contributed by atoms with van der Waals surface area (Å²) in [5.41, 5.74) is 1.34. The van der Waals surface area contributed by atoms with Crippen LogP contribution >= 0.6 is 0 Å². The lowest BCUT2D eigenvalue weighted by Crippen LogP contribution is -2.17. The fourth-order valence-electron chi connectivity index (χ4n) is 3.08. The summed E-state index contributed by atoms with van der Waals surface area (Å²) >= 11 is 0. The molecule has 0 radical (unpaired) electrons. The standard InChI is InChI=1S/C19H26N4O3/c1-19(2,3)14-4-6-15(7-5-14)26-12-16-21-18(13-8-9-20-10-13)23(22-16)11-17(24)25/h4-7,13,20H,8-12H2,1-3H3,(H,24,25)/t13-/m1/s1. The second kappa shape index (κ2) is 7.45. The summed E-state index contributed by atoms with van der Waals surface area (Å²) in [6, 6.07) is 8.00. The Morgan fingerprint density at radius 3 is 2.65 bits per heavy atom. The molecule has 1 atom stereocenters. The first kappa shape index (κ1) is 18.4. The first-order chi connectivity index (χ1) is 12.3. The lowest BCUT2D eigenvalue weighted by atomic mass is 9.87. The minimum atomic E-state index is -0.924. The molecule has 0 saturated carbocycles. The van der Waals surface area contributed by atoms with E-state index in [2.05, 4.69) is 48.3 Å². The van der Waals surface area contributed by atoms with Crippen LogP contribution in [0, 0.1) is 0 Å². The number of ether oxygens (including phenoxy) is 1. The number of benzene rings is 1. The second-order valence-electron chi connectivity index (χ2n) is 7.69. The van der Waals surface area contributed by atoms with Crippen LogP contribution < -0.4 is 10.1 Å². The molecule has 7 heteroatoms. The van der Waals surface area contributed by atoms with Gasteiger partial charge in [-0.25, -0.2) is 9.67 Å². The third kappa shape index (κ3) is 4.40. The number of nitrogens with one attached hydrogen (secondary N) is 1. The van der Waals surface area contributed by atoms with Crippen molar-refractivity contribution >= 4 is 5.97 Å². The maximum absolute atomic E-state index is 11.1. The van der Waals surface area contributed by atoms with Gasteiger partial charge in [0.25, 0.3) is 0 Å². The molecule has 1 aromatic heterocycles. The molecule has 0 unspecified atom stereocenters. The lowest BCUT2D eigenvalue weighted by Gasteiger charge is -2.19. The molecule has 0 bridgehead atoms. The van der Waals surface area contributed by atoms with Crippen LogP contribution in [-0.4, -0.2) is 38.9 Å². The highest BCUT2D eigenvalue weighted by Crippen LogP contribution is 2.25. The van der Waals surface area contributed by atoms with Gasteiger partial charge in [-0.2, -0.15) is 5.10 Å². The molecule has 7 nitrogen and oxygen atoms in total. The van der Waals surface area contributed by atoms with Gasteiger partial charge in [0.1, 0.15) is 24.7 Å². The lowest BCUT2D eigenvalue weighted by molar-refractivity contribution is -0.137. The molecule has 1 saturated heterocycles. The van der Waals surface area contributed by atoms with Gasteiger partial charge in [-0.15, -0.1) is 0 Å². The van der Waals surface area contributed by atoms with Gasteiger partial charge in [-0.05, 0) is 36.1 Å². The van der Waals surface area contributed by atoms with E-state index in [0.717, 1.165) is 31.1 Å². The summed E-state index contributed by atoms with van der Waals surface area (Å²) in [4.78, 5) is 15.6. The van der Waals surface area contributed by atoms with Crippen LogP contribution in [0.4, 0.5) is 0 Å². The Bertz CT molecular complexity index is 756. The predicted octanol–water partition coefficient (Wildman–Crippen LogP) is 2.32. The molecular formula is C19H26N4O3. The molecule has 140 valence electrons. The summed E-state index contributed by atoms with van der Waals surface area (Å²) in [6.45, 7) is 8.25. The summed E-state index contributed by atoms with van der Waals surface area (Å²) in [5, 5.41) is 16.7. The van der Waals surface area contributed by atoms with Crippen molar-refractivity contribution in [3.63, 3.8) is 0 Å². The number of rotatable bonds is 6. The molecule has 2 heterocycles. The van der Waals surface area contributed by atoms with Gasteiger partial charge < -0.3 is 15.2 Å².